The molecule has 1 atom stereocenters. The Balaban J connectivity index is 2.25. The van der Waals surface area contributed by atoms with Crippen molar-refractivity contribution in [3.8, 4) is 11.5 Å². The third-order valence-electron chi connectivity index (χ3n) is 2.72. The molecule has 0 saturated carbocycles. The summed E-state index contributed by atoms with van der Waals surface area (Å²) in [5.74, 6) is -0.634. The number of esters is 1. The minimum absolute atomic E-state index is 0.173. The highest BCUT2D eigenvalue weighted by molar-refractivity contribution is 6.32. The molecule has 1 heterocycles. The number of benzene rings is 1. The van der Waals surface area contributed by atoms with Crippen molar-refractivity contribution in [2.45, 2.75) is 19.4 Å². The molecule has 1 aromatic rings. The SMILES string of the molecule is CC(OC(=O)c1cc(Cl)c2c(c1)OCCCO2)C(N)=O. The number of primary amides is 1. The van der Waals surface area contributed by atoms with Crippen molar-refractivity contribution >= 4 is 23.5 Å². The maximum Gasteiger partial charge on any atom is 0.339 e. The third kappa shape index (κ3) is 3.14. The van der Waals surface area contributed by atoms with Gasteiger partial charge in [0.1, 0.15) is 0 Å². The molecular formula is C13H14ClNO5. The lowest BCUT2D eigenvalue weighted by molar-refractivity contribution is -0.125. The van der Waals surface area contributed by atoms with Crippen molar-refractivity contribution < 1.29 is 23.8 Å². The first kappa shape index (κ1) is 14.5. The van der Waals surface area contributed by atoms with Crippen LogP contribution in [0.25, 0.3) is 0 Å². The van der Waals surface area contributed by atoms with Gasteiger partial charge in [0.05, 0.1) is 23.8 Å². The number of nitrogens with two attached hydrogens (primary N) is 1. The number of fused-ring (bicyclic) bond motifs is 1. The van der Waals surface area contributed by atoms with Gasteiger partial charge in [-0.15, -0.1) is 0 Å². The van der Waals surface area contributed by atoms with Crippen LogP contribution in [-0.2, 0) is 9.53 Å². The summed E-state index contributed by atoms with van der Waals surface area (Å²) in [6.07, 6.45) is -0.291. The van der Waals surface area contributed by atoms with Crippen LogP contribution in [0.4, 0.5) is 0 Å². The summed E-state index contributed by atoms with van der Waals surface area (Å²) in [4.78, 5) is 22.8. The van der Waals surface area contributed by atoms with Crippen LogP contribution in [-0.4, -0.2) is 31.2 Å². The first-order chi connectivity index (χ1) is 9.49. The van der Waals surface area contributed by atoms with Crippen molar-refractivity contribution in [2.75, 3.05) is 13.2 Å². The van der Waals surface area contributed by atoms with E-state index in [0.29, 0.717) is 24.7 Å². The lowest BCUT2D eigenvalue weighted by atomic mass is 10.2. The van der Waals surface area contributed by atoms with Gasteiger partial charge in [-0.05, 0) is 19.1 Å². The molecule has 0 aromatic heterocycles. The normalized spacial score (nSPS) is 15.1. The number of carbonyl (C=O) groups excluding carboxylic acids is 2. The maximum absolute atomic E-state index is 11.9. The van der Waals surface area contributed by atoms with E-state index in [1.807, 2.05) is 0 Å². The van der Waals surface area contributed by atoms with E-state index in [1.165, 1.54) is 19.1 Å². The van der Waals surface area contributed by atoms with Crippen LogP contribution in [0.5, 0.6) is 11.5 Å². The fraction of sp³-hybridized carbons (Fsp3) is 0.385. The highest BCUT2D eigenvalue weighted by atomic mass is 35.5. The van der Waals surface area contributed by atoms with Crippen LogP contribution in [0.1, 0.15) is 23.7 Å². The summed E-state index contributed by atoms with van der Waals surface area (Å²) in [5.41, 5.74) is 5.21. The van der Waals surface area contributed by atoms with Crippen LogP contribution in [0.2, 0.25) is 5.02 Å². The van der Waals surface area contributed by atoms with E-state index in [0.717, 1.165) is 6.42 Å². The summed E-state index contributed by atoms with van der Waals surface area (Å²) in [6, 6.07) is 2.88. The fourth-order valence-electron chi connectivity index (χ4n) is 1.64. The average molecular weight is 300 g/mol. The van der Waals surface area contributed by atoms with E-state index in [2.05, 4.69) is 0 Å². The third-order valence-corrected chi connectivity index (χ3v) is 3.00. The molecule has 0 fully saturated rings. The second kappa shape index (κ2) is 6.00. The molecule has 1 unspecified atom stereocenters. The number of rotatable bonds is 3. The van der Waals surface area contributed by atoms with Crippen molar-refractivity contribution in [2.24, 2.45) is 5.73 Å². The van der Waals surface area contributed by atoms with Gasteiger partial charge in [-0.2, -0.15) is 0 Å². The van der Waals surface area contributed by atoms with Crippen LogP contribution in [0.3, 0.4) is 0 Å². The van der Waals surface area contributed by atoms with Gasteiger partial charge in [-0.1, -0.05) is 11.6 Å². The van der Waals surface area contributed by atoms with Crippen LogP contribution in [0.15, 0.2) is 12.1 Å². The fourth-order valence-corrected chi connectivity index (χ4v) is 1.90. The van der Waals surface area contributed by atoms with Crippen molar-refractivity contribution in [3.63, 3.8) is 0 Å². The Morgan fingerprint density at radius 2 is 2.05 bits per heavy atom. The minimum Gasteiger partial charge on any atom is -0.489 e. The molecule has 7 heteroatoms. The highest BCUT2D eigenvalue weighted by Gasteiger charge is 2.21. The summed E-state index contributed by atoms with van der Waals surface area (Å²) < 4.78 is 15.8. The molecule has 6 nitrogen and oxygen atoms in total. The Hall–Kier alpha value is -1.95. The van der Waals surface area contributed by atoms with Crippen LogP contribution in [0, 0.1) is 0 Å². The lowest BCUT2D eigenvalue weighted by Crippen LogP contribution is -2.30. The molecule has 0 radical (unpaired) electrons. The topological polar surface area (TPSA) is 87.8 Å². The molecule has 0 spiro atoms. The first-order valence-electron chi connectivity index (χ1n) is 6.08. The predicted molar refractivity (Wildman–Crippen MR) is 71.1 cm³/mol. The van der Waals surface area contributed by atoms with Gasteiger partial charge in [0.15, 0.2) is 17.6 Å². The molecule has 0 aliphatic carbocycles. The van der Waals surface area contributed by atoms with E-state index in [1.54, 1.807) is 0 Å². The van der Waals surface area contributed by atoms with Gasteiger partial charge in [0.2, 0.25) is 0 Å². The van der Waals surface area contributed by atoms with E-state index in [4.69, 9.17) is 31.5 Å². The molecule has 0 saturated heterocycles. The Labute approximate surface area is 120 Å². The summed E-state index contributed by atoms with van der Waals surface area (Å²) >= 11 is 6.06. The lowest BCUT2D eigenvalue weighted by Gasteiger charge is -2.13. The molecule has 2 N–H and O–H groups in total. The molecule has 108 valence electrons. The van der Waals surface area contributed by atoms with E-state index in [-0.39, 0.29) is 10.6 Å². The second-order valence-corrected chi connectivity index (χ2v) is 4.69. The molecule has 1 amide bonds. The van der Waals surface area contributed by atoms with Gasteiger partial charge >= 0.3 is 5.97 Å². The molecule has 2 rings (SSSR count). The Morgan fingerprint density at radius 1 is 1.35 bits per heavy atom. The Kier molecular flexibility index (Phi) is 4.34. The second-order valence-electron chi connectivity index (χ2n) is 4.29. The number of carbonyl (C=O) groups is 2. The summed E-state index contributed by atoms with van der Waals surface area (Å²) in [6.45, 7) is 2.36. The maximum atomic E-state index is 11.9. The molecule has 1 aliphatic rings. The van der Waals surface area contributed by atoms with Gasteiger partial charge in [0, 0.05) is 6.42 Å². The molecular weight excluding hydrogens is 286 g/mol. The van der Waals surface area contributed by atoms with Crippen molar-refractivity contribution in [3.05, 3.63) is 22.7 Å². The Bertz CT molecular complexity index is 546. The quantitative estimate of drug-likeness (QED) is 0.855. The van der Waals surface area contributed by atoms with E-state index >= 15 is 0 Å². The van der Waals surface area contributed by atoms with Crippen LogP contribution >= 0.6 is 11.6 Å². The largest absolute Gasteiger partial charge is 0.489 e. The number of halogens is 1. The molecule has 1 aliphatic heterocycles. The zero-order valence-electron chi connectivity index (χ0n) is 10.8. The molecule has 20 heavy (non-hydrogen) atoms. The standard InChI is InChI=1S/C13H14ClNO5/c1-7(12(15)16)20-13(17)8-5-9(14)11-10(6-8)18-3-2-4-19-11/h5-7H,2-4H2,1H3,(H2,15,16). The van der Waals surface area contributed by atoms with Crippen molar-refractivity contribution in [1.82, 2.24) is 0 Å². The van der Waals surface area contributed by atoms with E-state index in [9.17, 15) is 9.59 Å². The average Bonchev–Trinajstić information content (AvgIpc) is 2.63. The van der Waals surface area contributed by atoms with Crippen LogP contribution < -0.4 is 15.2 Å². The molecule has 1 aromatic carbocycles. The van der Waals surface area contributed by atoms with Gasteiger partial charge in [0.25, 0.3) is 5.91 Å². The molecule has 0 bridgehead atoms. The summed E-state index contributed by atoms with van der Waals surface area (Å²) in [5, 5.41) is 0.253. The number of ether oxygens (including phenoxy) is 3. The van der Waals surface area contributed by atoms with Gasteiger partial charge < -0.3 is 19.9 Å². The number of amides is 1. The zero-order valence-corrected chi connectivity index (χ0v) is 11.6. The Morgan fingerprint density at radius 3 is 2.75 bits per heavy atom. The predicted octanol–water partition coefficient (Wildman–Crippen LogP) is 1.53. The monoisotopic (exact) mass is 299 g/mol. The van der Waals surface area contributed by atoms with Crippen molar-refractivity contribution in [1.29, 1.82) is 0 Å². The summed E-state index contributed by atoms with van der Waals surface area (Å²) in [7, 11) is 0. The zero-order chi connectivity index (χ0) is 14.7. The number of hydrogen-bond donors (Lipinski definition) is 1. The van der Waals surface area contributed by atoms with Gasteiger partial charge in [-0.25, -0.2) is 4.79 Å². The van der Waals surface area contributed by atoms with Gasteiger partial charge in [-0.3, -0.25) is 4.79 Å². The van der Waals surface area contributed by atoms with E-state index < -0.39 is 18.0 Å². The smallest absolute Gasteiger partial charge is 0.339 e. The highest BCUT2D eigenvalue weighted by Crippen LogP contribution is 2.38. The minimum atomic E-state index is -1.02. The first-order valence-corrected chi connectivity index (χ1v) is 6.46. The number of hydrogen-bond acceptors (Lipinski definition) is 5.